The van der Waals surface area contributed by atoms with Gasteiger partial charge in [-0.2, -0.15) is 0 Å². The first kappa shape index (κ1) is 13.2. The van der Waals surface area contributed by atoms with Crippen molar-refractivity contribution in [2.45, 2.75) is 0 Å². The number of hydrogen-bond acceptors (Lipinski definition) is 3. The first-order chi connectivity index (χ1) is 10.6. The van der Waals surface area contributed by atoms with Gasteiger partial charge in [0.25, 0.3) is 0 Å². The van der Waals surface area contributed by atoms with E-state index in [-0.39, 0.29) is 17.1 Å². The molecule has 1 aromatic carbocycles. The number of ketones is 2. The van der Waals surface area contributed by atoms with Crippen LogP contribution in [-0.2, 0) is 0 Å². The molecule has 4 rings (SSSR count). The number of carbonyl (C=O) groups is 2. The highest BCUT2D eigenvalue weighted by atomic mass is 79.9. The summed E-state index contributed by atoms with van der Waals surface area (Å²) in [6, 6.07) is 10.6. The van der Waals surface area contributed by atoms with Crippen LogP contribution >= 0.6 is 15.9 Å². The molecule has 5 heteroatoms. The molecule has 0 saturated heterocycles. The molecule has 0 spiro atoms. The second-order valence-electron chi connectivity index (χ2n) is 5.02. The zero-order valence-corrected chi connectivity index (χ0v) is 12.9. The number of carbonyl (C=O) groups excluding carboxylic acids is 2. The molecule has 1 aliphatic rings. The lowest BCUT2D eigenvalue weighted by Crippen LogP contribution is -2.01. The second-order valence-corrected chi connectivity index (χ2v) is 5.94. The number of Topliss-reactive ketones (excluding diaryl/α,β-unsaturated/α-hetero) is 2. The molecule has 0 aliphatic heterocycles. The first-order valence-corrected chi connectivity index (χ1v) is 7.47. The number of pyridine rings is 1. The smallest absolute Gasteiger partial charge is 0.197 e. The topological polar surface area (TPSA) is 51.4 Å². The summed E-state index contributed by atoms with van der Waals surface area (Å²) >= 11 is 3.41. The van der Waals surface area contributed by atoms with Gasteiger partial charge < -0.3 is 0 Å². The molecule has 0 fully saturated rings. The Kier molecular flexibility index (Phi) is 2.84. The van der Waals surface area contributed by atoms with Gasteiger partial charge in [-0.1, -0.05) is 24.3 Å². The van der Waals surface area contributed by atoms with Crippen LogP contribution < -0.4 is 0 Å². The van der Waals surface area contributed by atoms with E-state index in [2.05, 4.69) is 20.9 Å². The predicted molar refractivity (Wildman–Crippen MR) is 86.0 cm³/mol. The van der Waals surface area contributed by atoms with Crippen molar-refractivity contribution in [3.8, 4) is 0 Å². The molecule has 0 atom stereocenters. The predicted octanol–water partition coefficient (Wildman–Crippen LogP) is 3.56. The fourth-order valence-electron chi connectivity index (χ4n) is 2.63. The zero-order valence-electron chi connectivity index (χ0n) is 11.3. The summed E-state index contributed by atoms with van der Waals surface area (Å²) in [5.41, 5.74) is 2.57. The fourth-order valence-corrected chi connectivity index (χ4v) is 2.97. The van der Waals surface area contributed by atoms with Gasteiger partial charge in [0.05, 0.1) is 17.5 Å². The van der Waals surface area contributed by atoms with Gasteiger partial charge in [0.2, 0.25) is 0 Å². The zero-order chi connectivity index (χ0) is 15.3. The molecule has 1 aliphatic carbocycles. The van der Waals surface area contributed by atoms with Crippen LogP contribution in [0.4, 0.5) is 0 Å². The van der Waals surface area contributed by atoms with Crippen LogP contribution in [0, 0.1) is 0 Å². The van der Waals surface area contributed by atoms with Gasteiger partial charge >= 0.3 is 0 Å². The maximum Gasteiger partial charge on any atom is 0.197 e. The summed E-state index contributed by atoms with van der Waals surface area (Å²) in [7, 11) is 0. The Hall–Kier alpha value is -2.53. The van der Waals surface area contributed by atoms with Gasteiger partial charge in [-0.25, -0.2) is 4.98 Å². The Labute approximate surface area is 134 Å². The number of halogens is 1. The monoisotopic (exact) mass is 352 g/mol. The highest BCUT2D eigenvalue weighted by Gasteiger charge is 2.32. The van der Waals surface area contributed by atoms with E-state index in [9.17, 15) is 9.59 Å². The lowest BCUT2D eigenvalue weighted by Gasteiger charge is -1.99. The van der Waals surface area contributed by atoms with Crippen molar-refractivity contribution >= 4 is 39.2 Å². The summed E-state index contributed by atoms with van der Waals surface area (Å²) in [4.78, 5) is 29.1. The van der Waals surface area contributed by atoms with Gasteiger partial charge in [0.15, 0.2) is 11.6 Å². The quantitative estimate of drug-likeness (QED) is 0.497. The van der Waals surface area contributed by atoms with E-state index in [0.29, 0.717) is 16.8 Å². The van der Waals surface area contributed by atoms with Crippen LogP contribution in [-0.4, -0.2) is 21.0 Å². The van der Waals surface area contributed by atoms with Crippen molar-refractivity contribution in [2.24, 2.45) is 0 Å². The van der Waals surface area contributed by atoms with Crippen molar-refractivity contribution < 1.29 is 9.59 Å². The molecule has 0 unspecified atom stereocenters. The van der Waals surface area contributed by atoms with Crippen LogP contribution in [0.3, 0.4) is 0 Å². The Morgan fingerprint density at radius 3 is 2.36 bits per heavy atom. The Morgan fingerprint density at radius 2 is 1.68 bits per heavy atom. The van der Waals surface area contributed by atoms with Crippen molar-refractivity contribution in [1.29, 1.82) is 0 Å². The average molecular weight is 353 g/mol. The van der Waals surface area contributed by atoms with Crippen molar-refractivity contribution in [2.75, 3.05) is 0 Å². The maximum absolute atomic E-state index is 12.4. The largest absolute Gasteiger partial charge is 0.299 e. The van der Waals surface area contributed by atoms with Crippen molar-refractivity contribution in [3.05, 3.63) is 75.7 Å². The van der Waals surface area contributed by atoms with Crippen molar-refractivity contribution in [3.63, 3.8) is 0 Å². The molecular weight excluding hydrogens is 344 g/mol. The van der Waals surface area contributed by atoms with Crippen LogP contribution in [0.15, 0.2) is 58.8 Å². The molecule has 0 N–H and O–H groups in total. The number of benzene rings is 1. The number of nitrogens with zero attached hydrogens (tertiary/aromatic N) is 2. The second kappa shape index (κ2) is 4.74. The Morgan fingerprint density at radius 1 is 1.00 bits per heavy atom. The van der Waals surface area contributed by atoms with Crippen LogP contribution in [0.2, 0.25) is 0 Å². The number of allylic oxidation sites excluding steroid dienone is 1. The summed E-state index contributed by atoms with van der Waals surface area (Å²) in [5, 5.41) is 0. The summed E-state index contributed by atoms with van der Waals surface area (Å²) < 4.78 is 2.73. The van der Waals surface area contributed by atoms with Gasteiger partial charge in [-0.15, -0.1) is 0 Å². The van der Waals surface area contributed by atoms with E-state index in [1.165, 1.54) is 0 Å². The lowest BCUT2D eigenvalue weighted by atomic mass is 10.1. The van der Waals surface area contributed by atoms with E-state index in [4.69, 9.17) is 0 Å². The molecule has 0 saturated carbocycles. The molecule has 0 bridgehead atoms. The van der Waals surface area contributed by atoms with Gasteiger partial charge in [-0.05, 0) is 34.1 Å². The molecule has 0 amide bonds. The van der Waals surface area contributed by atoms with Crippen LogP contribution in [0.25, 0.3) is 11.7 Å². The lowest BCUT2D eigenvalue weighted by molar-refractivity contribution is 0.0990. The molecule has 0 radical (unpaired) electrons. The molecule has 2 aromatic heterocycles. The van der Waals surface area contributed by atoms with E-state index in [0.717, 1.165) is 10.1 Å². The molecule has 3 aromatic rings. The third-order valence-corrected chi connectivity index (χ3v) is 4.17. The minimum absolute atomic E-state index is 0.183. The molecule has 2 heterocycles. The number of fused-ring (bicyclic) bond motifs is 2. The molecule has 106 valence electrons. The maximum atomic E-state index is 12.4. The Balaban J connectivity index is 1.88. The molecule has 22 heavy (non-hydrogen) atoms. The number of imidazole rings is 1. The third-order valence-electron chi connectivity index (χ3n) is 3.70. The summed E-state index contributed by atoms with van der Waals surface area (Å²) in [5.74, 6) is -0.462. The van der Waals surface area contributed by atoms with Crippen LogP contribution in [0.1, 0.15) is 26.4 Å². The highest BCUT2D eigenvalue weighted by Crippen LogP contribution is 2.28. The SMILES string of the molecule is O=C1C(=Cc2cnc3ccc(Br)cn23)C(=O)c2ccccc21. The van der Waals surface area contributed by atoms with E-state index < -0.39 is 0 Å². The first-order valence-electron chi connectivity index (χ1n) is 6.68. The van der Waals surface area contributed by atoms with Crippen LogP contribution in [0.5, 0.6) is 0 Å². The average Bonchev–Trinajstić information content (AvgIpc) is 3.03. The highest BCUT2D eigenvalue weighted by molar-refractivity contribution is 9.10. The standard InChI is InChI=1S/C17H9BrN2O2/c18-10-5-6-15-19-8-11(20(15)9-10)7-14-16(21)12-3-1-2-4-13(12)17(14)22/h1-9H. The Bertz CT molecular complexity index is 948. The van der Waals surface area contributed by atoms with E-state index in [1.54, 1.807) is 36.5 Å². The van der Waals surface area contributed by atoms with Crippen molar-refractivity contribution in [1.82, 2.24) is 9.38 Å². The third kappa shape index (κ3) is 1.86. The minimum Gasteiger partial charge on any atom is -0.299 e. The van der Waals surface area contributed by atoms with E-state index >= 15 is 0 Å². The fraction of sp³-hybridized carbons (Fsp3) is 0. The normalized spacial score (nSPS) is 13.8. The number of hydrogen-bond donors (Lipinski definition) is 0. The number of rotatable bonds is 1. The summed E-state index contributed by atoms with van der Waals surface area (Å²) in [6.07, 6.45) is 5.11. The minimum atomic E-state index is -0.231. The molecule has 4 nitrogen and oxygen atoms in total. The number of aromatic nitrogens is 2. The molecular formula is C17H9BrN2O2. The van der Waals surface area contributed by atoms with Gasteiger partial charge in [0, 0.05) is 21.8 Å². The van der Waals surface area contributed by atoms with E-state index in [1.807, 2.05) is 22.7 Å². The van der Waals surface area contributed by atoms with Gasteiger partial charge in [-0.3, -0.25) is 14.0 Å². The summed E-state index contributed by atoms with van der Waals surface area (Å²) in [6.45, 7) is 0. The van der Waals surface area contributed by atoms with Gasteiger partial charge in [0.1, 0.15) is 5.65 Å².